The molecule has 236 valence electrons. The third kappa shape index (κ3) is 8.46. The standard InChI is InChI=1S/C35H39N3O5S2/c1-5-43-33-17-10-9-16-31(33)38(45(41,42)30-20-18-29(44-4)19-21-30)25-34(39)37(24-28-15-11-12-26(2)22-28)32(35(40)36-3)23-27-13-7-6-8-14-27/h6-22,32H,5,23-25H2,1-4H3,(H,36,40). The Hall–Kier alpha value is -4.28. The lowest BCUT2D eigenvalue weighted by atomic mass is 10.0. The van der Waals surface area contributed by atoms with Crippen LogP contribution in [-0.4, -0.2) is 57.6 Å². The number of hydrogen-bond acceptors (Lipinski definition) is 6. The fourth-order valence-electron chi connectivity index (χ4n) is 5.06. The Kier molecular flexibility index (Phi) is 11.7. The number of rotatable bonds is 14. The largest absolute Gasteiger partial charge is 0.492 e. The van der Waals surface area contributed by atoms with Crippen LogP contribution in [0.3, 0.4) is 0 Å². The predicted molar refractivity (Wildman–Crippen MR) is 180 cm³/mol. The lowest BCUT2D eigenvalue weighted by Gasteiger charge is -2.34. The van der Waals surface area contributed by atoms with Crippen molar-refractivity contribution in [2.45, 2.75) is 42.6 Å². The number of anilines is 1. The summed E-state index contributed by atoms with van der Waals surface area (Å²) in [7, 11) is -2.71. The maximum Gasteiger partial charge on any atom is 0.264 e. The molecular formula is C35H39N3O5S2. The molecule has 1 N–H and O–H groups in total. The second-order valence-corrected chi connectivity index (χ2v) is 13.2. The molecule has 0 aromatic heterocycles. The highest BCUT2D eigenvalue weighted by atomic mass is 32.2. The Labute approximate surface area is 270 Å². The van der Waals surface area contributed by atoms with Gasteiger partial charge in [-0.3, -0.25) is 13.9 Å². The summed E-state index contributed by atoms with van der Waals surface area (Å²) >= 11 is 1.50. The second kappa shape index (κ2) is 15.6. The number of benzene rings is 4. The molecule has 1 atom stereocenters. The van der Waals surface area contributed by atoms with Gasteiger partial charge in [0.1, 0.15) is 18.3 Å². The van der Waals surface area contributed by atoms with Crippen molar-refractivity contribution in [3.8, 4) is 5.75 Å². The van der Waals surface area contributed by atoms with E-state index in [0.29, 0.717) is 12.4 Å². The van der Waals surface area contributed by atoms with Crippen molar-refractivity contribution in [1.29, 1.82) is 0 Å². The van der Waals surface area contributed by atoms with Crippen LogP contribution in [0.15, 0.2) is 113 Å². The van der Waals surface area contributed by atoms with Crippen LogP contribution < -0.4 is 14.4 Å². The Bertz CT molecular complexity index is 1700. The molecule has 0 spiro atoms. The number of para-hydroxylation sites is 2. The van der Waals surface area contributed by atoms with Crippen molar-refractivity contribution < 1.29 is 22.7 Å². The monoisotopic (exact) mass is 645 g/mol. The van der Waals surface area contributed by atoms with Crippen LogP contribution in [0.1, 0.15) is 23.6 Å². The van der Waals surface area contributed by atoms with Crippen LogP contribution in [-0.2, 0) is 32.6 Å². The molecule has 1 unspecified atom stereocenters. The number of amides is 2. The number of carbonyl (C=O) groups excluding carboxylic acids is 2. The molecule has 10 heteroatoms. The van der Waals surface area contributed by atoms with Crippen LogP contribution in [0.5, 0.6) is 5.75 Å². The quantitative estimate of drug-likeness (QED) is 0.177. The summed E-state index contributed by atoms with van der Waals surface area (Å²) in [5.41, 5.74) is 2.93. The number of aryl methyl sites for hydroxylation is 1. The highest BCUT2D eigenvalue weighted by molar-refractivity contribution is 7.98. The van der Waals surface area contributed by atoms with E-state index in [0.717, 1.165) is 25.9 Å². The van der Waals surface area contributed by atoms with Crippen LogP contribution in [0.4, 0.5) is 5.69 Å². The summed E-state index contributed by atoms with van der Waals surface area (Å²) in [4.78, 5) is 30.4. The van der Waals surface area contributed by atoms with Gasteiger partial charge in [0.15, 0.2) is 0 Å². The molecule has 8 nitrogen and oxygen atoms in total. The first-order valence-electron chi connectivity index (χ1n) is 14.7. The van der Waals surface area contributed by atoms with Crippen LogP contribution in [0, 0.1) is 6.92 Å². The molecule has 0 aliphatic rings. The van der Waals surface area contributed by atoms with Gasteiger partial charge in [-0.25, -0.2) is 8.42 Å². The van der Waals surface area contributed by atoms with Crippen LogP contribution in [0.25, 0.3) is 0 Å². The fourth-order valence-corrected chi connectivity index (χ4v) is 6.89. The van der Waals surface area contributed by atoms with Gasteiger partial charge >= 0.3 is 0 Å². The Morgan fingerprint density at radius 1 is 0.889 bits per heavy atom. The minimum atomic E-state index is -4.24. The number of nitrogens with zero attached hydrogens (tertiary/aromatic N) is 2. The zero-order valence-electron chi connectivity index (χ0n) is 26.0. The molecule has 0 saturated heterocycles. The fraction of sp³-hybridized carbons (Fsp3) is 0.257. The number of thioether (sulfide) groups is 1. The molecule has 0 fully saturated rings. The molecule has 0 radical (unpaired) electrons. The molecule has 0 saturated carbocycles. The Morgan fingerprint density at radius 2 is 1.56 bits per heavy atom. The van der Waals surface area contributed by atoms with Gasteiger partial charge in [-0.2, -0.15) is 0 Å². The molecule has 0 aliphatic heterocycles. The lowest BCUT2D eigenvalue weighted by Crippen LogP contribution is -2.53. The number of nitrogens with one attached hydrogen (secondary N) is 1. The maximum atomic E-state index is 14.5. The minimum Gasteiger partial charge on any atom is -0.492 e. The van der Waals surface area contributed by atoms with Crippen LogP contribution >= 0.6 is 11.8 Å². The third-order valence-electron chi connectivity index (χ3n) is 7.31. The molecule has 0 bridgehead atoms. The highest BCUT2D eigenvalue weighted by Crippen LogP contribution is 2.33. The van der Waals surface area contributed by atoms with Gasteiger partial charge in [0, 0.05) is 24.9 Å². The normalized spacial score (nSPS) is 11.8. The number of hydrogen-bond donors (Lipinski definition) is 1. The molecule has 4 aromatic carbocycles. The molecule has 2 amide bonds. The van der Waals surface area contributed by atoms with E-state index >= 15 is 0 Å². The van der Waals surface area contributed by atoms with Gasteiger partial charge in [-0.05, 0) is 67.6 Å². The first kappa shape index (κ1) is 33.6. The Morgan fingerprint density at radius 3 is 2.20 bits per heavy atom. The van der Waals surface area contributed by atoms with Gasteiger partial charge in [0.25, 0.3) is 10.0 Å². The lowest BCUT2D eigenvalue weighted by molar-refractivity contribution is -0.139. The van der Waals surface area contributed by atoms with E-state index in [1.54, 1.807) is 36.4 Å². The molecule has 0 heterocycles. The topological polar surface area (TPSA) is 96.0 Å². The van der Waals surface area contributed by atoms with E-state index in [2.05, 4.69) is 5.32 Å². The first-order valence-corrected chi connectivity index (χ1v) is 17.3. The van der Waals surface area contributed by atoms with E-state index in [-0.39, 0.29) is 29.5 Å². The van der Waals surface area contributed by atoms with Crippen molar-refractivity contribution in [2.75, 3.05) is 30.8 Å². The van der Waals surface area contributed by atoms with Gasteiger partial charge < -0.3 is 15.0 Å². The summed E-state index contributed by atoms with van der Waals surface area (Å²) < 4.78 is 35.5. The number of carbonyl (C=O) groups is 2. The average molecular weight is 646 g/mol. The summed E-state index contributed by atoms with van der Waals surface area (Å²) in [6.07, 6.45) is 2.16. The second-order valence-electron chi connectivity index (χ2n) is 10.4. The van der Waals surface area contributed by atoms with Crippen molar-refractivity contribution >= 4 is 39.3 Å². The zero-order valence-corrected chi connectivity index (χ0v) is 27.6. The number of likely N-dealkylation sites (N-methyl/N-ethyl adjacent to an activating group) is 1. The first-order chi connectivity index (χ1) is 21.7. The smallest absolute Gasteiger partial charge is 0.264 e. The molecule has 0 aliphatic carbocycles. The number of ether oxygens (including phenoxy) is 1. The summed E-state index contributed by atoms with van der Waals surface area (Å²) in [6.45, 7) is 3.62. The van der Waals surface area contributed by atoms with Crippen molar-refractivity contribution in [1.82, 2.24) is 10.2 Å². The van der Waals surface area contributed by atoms with E-state index in [1.165, 1.54) is 35.8 Å². The molecule has 45 heavy (non-hydrogen) atoms. The van der Waals surface area contributed by atoms with Crippen molar-refractivity contribution in [3.05, 3.63) is 120 Å². The van der Waals surface area contributed by atoms with E-state index in [9.17, 15) is 18.0 Å². The number of sulfonamides is 1. The highest BCUT2D eigenvalue weighted by Gasteiger charge is 2.35. The zero-order chi connectivity index (χ0) is 32.4. The van der Waals surface area contributed by atoms with Crippen LogP contribution in [0.2, 0.25) is 0 Å². The SMILES string of the molecule is CCOc1ccccc1N(CC(=O)N(Cc1cccc(C)c1)C(Cc1ccccc1)C(=O)NC)S(=O)(=O)c1ccc(SC)cc1. The van der Waals surface area contributed by atoms with Crippen molar-refractivity contribution in [3.63, 3.8) is 0 Å². The van der Waals surface area contributed by atoms with Gasteiger partial charge in [0.2, 0.25) is 11.8 Å². The van der Waals surface area contributed by atoms with E-state index < -0.39 is 28.5 Å². The maximum absolute atomic E-state index is 14.5. The molecule has 4 aromatic rings. The van der Waals surface area contributed by atoms with Crippen molar-refractivity contribution in [2.24, 2.45) is 0 Å². The van der Waals surface area contributed by atoms with Gasteiger partial charge in [-0.15, -0.1) is 11.8 Å². The van der Waals surface area contributed by atoms with E-state index in [1.807, 2.05) is 74.7 Å². The van der Waals surface area contributed by atoms with E-state index in [4.69, 9.17) is 4.74 Å². The third-order valence-corrected chi connectivity index (χ3v) is 9.83. The summed E-state index contributed by atoms with van der Waals surface area (Å²) in [6, 6.07) is 29.5. The molecule has 4 rings (SSSR count). The average Bonchev–Trinajstić information content (AvgIpc) is 3.05. The van der Waals surface area contributed by atoms with Gasteiger partial charge in [0.05, 0.1) is 17.2 Å². The minimum absolute atomic E-state index is 0.0387. The van der Waals surface area contributed by atoms with Gasteiger partial charge in [-0.1, -0.05) is 72.3 Å². The Balaban J connectivity index is 1.82. The molecular weight excluding hydrogens is 607 g/mol. The predicted octanol–water partition coefficient (Wildman–Crippen LogP) is 5.70. The summed E-state index contributed by atoms with van der Waals surface area (Å²) in [5.74, 6) is -0.553. The summed E-state index contributed by atoms with van der Waals surface area (Å²) in [5, 5.41) is 2.71.